The molecule has 0 saturated carbocycles. The molecular formula is C18H24N2O4S. The van der Waals surface area contributed by atoms with Crippen molar-refractivity contribution in [1.82, 2.24) is 9.79 Å². The second kappa shape index (κ2) is 7.80. The normalized spacial score (nSPS) is 21.8. The fourth-order valence-electron chi connectivity index (χ4n) is 3.21. The summed E-state index contributed by atoms with van der Waals surface area (Å²) in [6.45, 7) is 1.03. The zero-order valence-corrected chi connectivity index (χ0v) is 15.3. The van der Waals surface area contributed by atoms with Crippen molar-refractivity contribution in [3.05, 3.63) is 48.0 Å². The molecule has 3 rings (SSSR count). The number of hydrogen-bond donors (Lipinski definition) is 1. The van der Waals surface area contributed by atoms with Crippen molar-refractivity contribution >= 4 is 20.8 Å². The van der Waals surface area contributed by atoms with E-state index in [1.807, 2.05) is 42.5 Å². The van der Waals surface area contributed by atoms with Gasteiger partial charge in [0.1, 0.15) is 5.25 Å². The first-order valence-electron chi connectivity index (χ1n) is 8.35. The van der Waals surface area contributed by atoms with Crippen LogP contribution in [0.2, 0.25) is 0 Å². The zero-order chi connectivity index (χ0) is 17.9. The third-order valence-electron chi connectivity index (χ3n) is 4.53. The fraction of sp³-hybridized carbons (Fsp3) is 0.444. The van der Waals surface area contributed by atoms with Crippen LogP contribution in [0.15, 0.2) is 42.5 Å². The van der Waals surface area contributed by atoms with Gasteiger partial charge in [0.15, 0.2) is 0 Å². The van der Waals surface area contributed by atoms with E-state index in [0.29, 0.717) is 19.6 Å². The molecule has 0 aromatic heterocycles. The first kappa shape index (κ1) is 18.3. The molecule has 136 valence electrons. The first-order chi connectivity index (χ1) is 12.0. The van der Waals surface area contributed by atoms with Crippen molar-refractivity contribution in [2.45, 2.75) is 17.7 Å². The van der Waals surface area contributed by atoms with Crippen molar-refractivity contribution in [2.24, 2.45) is 0 Å². The van der Waals surface area contributed by atoms with Gasteiger partial charge in [-0.1, -0.05) is 36.4 Å². The van der Waals surface area contributed by atoms with Gasteiger partial charge in [-0.05, 0) is 28.8 Å². The van der Waals surface area contributed by atoms with Gasteiger partial charge < -0.3 is 4.74 Å². The Morgan fingerprint density at radius 2 is 2.00 bits per heavy atom. The van der Waals surface area contributed by atoms with Gasteiger partial charge in [-0.3, -0.25) is 4.84 Å². The van der Waals surface area contributed by atoms with Crippen molar-refractivity contribution in [3.8, 4) is 0 Å². The molecule has 2 aromatic rings. The first-order valence-corrected chi connectivity index (χ1v) is 9.89. The average molecular weight is 364 g/mol. The number of sulfonamides is 1. The van der Waals surface area contributed by atoms with Crippen LogP contribution in [0.3, 0.4) is 0 Å². The number of hydrogen-bond acceptors (Lipinski definition) is 5. The molecule has 1 fully saturated rings. The molecular weight excluding hydrogens is 340 g/mol. The van der Waals surface area contributed by atoms with Crippen LogP contribution in [0.5, 0.6) is 0 Å². The minimum atomic E-state index is -3.50. The van der Waals surface area contributed by atoms with Gasteiger partial charge in [0, 0.05) is 27.3 Å². The van der Waals surface area contributed by atoms with Crippen LogP contribution in [-0.4, -0.2) is 52.6 Å². The molecule has 0 aliphatic carbocycles. The molecule has 1 saturated heterocycles. The van der Waals surface area contributed by atoms with E-state index in [0.717, 1.165) is 16.3 Å². The molecule has 7 heteroatoms. The predicted molar refractivity (Wildman–Crippen MR) is 97.6 cm³/mol. The maximum absolute atomic E-state index is 12.7. The number of nitrogens with zero attached hydrogens (tertiary/aromatic N) is 1. The minimum absolute atomic E-state index is 0.146. The lowest BCUT2D eigenvalue weighted by atomic mass is 10.0. The SMILES string of the molecule is COCCCNS(=O)(=O)C1CON(C)C1c1ccc2ccccc2c1. The number of ether oxygens (including phenoxy) is 1. The Kier molecular flexibility index (Phi) is 5.71. The van der Waals surface area contributed by atoms with Gasteiger partial charge in [-0.15, -0.1) is 0 Å². The molecule has 1 N–H and O–H groups in total. The molecule has 0 bridgehead atoms. The standard InChI is InChI=1S/C18H24N2O4S/c1-20-18(16-9-8-14-6-3-4-7-15(14)12-16)17(13-24-20)25(21,22)19-10-5-11-23-2/h3-4,6-9,12,17-19H,5,10-11,13H2,1-2H3. The van der Waals surface area contributed by atoms with Crippen molar-refractivity contribution < 1.29 is 18.0 Å². The second-order valence-electron chi connectivity index (χ2n) is 6.22. The maximum Gasteiger partial charge on any atom is 0.218 e. The summed E-state index contributed by atoms with van der Waals surface area (Å²) in [7, 11) is -0.117. The van der Waals surface area contributed by atoms with Gasteiger partial charge in [0.25, 0.3) is 0 Å². The molecule has 2 atom stereocenters. The van der Waals surface area contributed by atoms with Crippen molar-refractivity contribution in [3.63, 3.8) is 0 Å². The smallest absolute Gasteiger partial charge is 0.218 e. The largest absolute Gasteiger partial charge is 0.385 e. The van der Waals surface area contributed by atoms with Crippen LogP contribution in [0.1, 0.15) is 18.0 Å². The summed E-state index contributed by atoms with van der Waals surface area (Å²) in [6, 6.07) is 13.7. The van der Waals surface area contributed by atoms with Gasteiger partial charge in [0.05, 0.1) is 12.6 Å². The number of fused-ring (bicyclic) bond motifs is 1. The summed E-state index contributed by atoms with van der Waals surface area (Å²) in [5, 5.41) is 3.21. The zero-order valence-electron chi connectivity index (χ0n) is 14.5. The molecule has 6 nitrogen and oxygen atoms in total. The summed E-state index contributed by atoms with van der Waals surface area (Å²) >= 11 is 0. The minimum Gasteiger partial charge on any atom is -0.385 e. The monoisotopic (exact) mass is 364 g/mol. The predicted octanol–water partition coefficient (Wildman–Crippen LogP) is 2.08. The Morgan fingerprint density at radius 3 is 2.76 bits per heavy atom. The van der Waals surface area contributed by atoms with Gasteiger partial charge in [-0.2, -0.15) is 5.06 Å². The number of hydroxylamine groups is 2. The summed E-state index contributed by atoms with van der Waals surface area (Å²) in [4.78, 5) is 5.55. The molecule has 0 radical (unpaired) electrons. The lowest BCUT2D eigenvalue weighted by Crippen LogP contribution is -2.39. The molecule has 0 amide bonds. The Bertz CT molecular complexity index is 825. The quantitative estimate of drug-likeness (QED) is 0.762. The number of rotatable bonds is 7. The highest BCUT2D eigenvalue weighted by molar-refractivity contribution is 7.90. The van der Waals surface area contributed by atoms with Crippen LogP contribution >= 0.6 is 0 Å². The van der Waals surface area contributed by atoms with Crippen molar-refractivity contribution in [1.29, 1.82) is 0 Å². The van der Waals surface area contributed by atoms with E-state index < -0.39 is 15.3 Å². The average Bonchev–Trinajstić information content (AvgIpc) is 3.01. The summed E-state index contributed by atoms with van der Waals surface area (Å²) in [5.41, 5.74) is 0.936. The van der Waals surface area contributed by atoms with Crippen LogP contribution in [0, 0.1) is 0 Å². The summed E-state index contributed by atoms with van der Waals surface area (Å²) < 4.78 is 33.1. The molecule has 1 aliphatic heterocycles. The Balaban J connectivity index is 1.84. The number of methoxy groups -OCH3 is 1. The highest BCUT2D eigenvalue weighted by Crippen LogP contribution is 2.34. The lowest BCUT2D eigenvalue weighted by molar-refractivity contribution is -0.110. The highest BCUT2D eigenvalue weighted by atomic mass is 32.2. The Labute approximate surface area is 148 Å². The van der Waals surface area contributed by atoms with E-state index in [1.54, 1.807) is 19.2 Å². The van der Waals surface area contributed by atoms with Crippen LogP contribution in [0.25, 0.3) is 10.8 Å². The molecule has 25 heavy (non-hydrogen) atoms. The number of benzene rings is 2. The lowest BCUT2D eigenvalue weighted by Gasteiger charge is -2.23. The third kappa shape index (κ3) is 4.02. The molecule has 1 aliphatic rings. The van der Waals surface area contributed by atoms with Gasteiger partial charge in [-0.25, -0.2) is 13.1 Å². The topological polar surface area (TPSA) is 67.9 Å². The van der Waals surface area contributed by atoms with Crippen LogP contribution in [0.4, 0.5) is 0 Å². The van der Waals surface area contributed by atoms with E-state index in [9.17, 15) is 8.42 Å². The number of nitrogens with one attached hydrogen (secondary N) is 1. The highest BCUT2D eigenvalue weighted by Gasteiger charge is 2.43. The Morgan fingerprint density at radius 1 is 1.24 bits per heavy atom. The van der Waals surface area contributed by atoms with E-state index in [1.165, 1.54) is 0 Å². The molecule has 0 spiro atoms. The van der Waals surface area contributed by atoms with Crippen LogP contribution in [-0.2, 0) is 19.6 Å². The van der Waals surface area contributed by atoms with E-state index in [-0.39, 0.29) is 12.6 Å². The van der Waals surface area contributed by atoms with Gasteiger partial charge in [0.2, 0.25) is 10.0 Å². The van der Waals surface area contributed by atoms with Gasteiger partial charge >= 0.3 is 0 Å². The Hall–Kier alpha value is -1.51. The maximum atomic E-state index is 12.7. The molecule has 2 aromatic carbocycles. The van der Waals surface area contributed by atoms with Crippen LogP contribution < -0.4 is 4.72 Å². The molecule has 1 heterocycles. The summed E-state index contributed by atoms with van der Waals surface area (Å²) in [6.07, 6.45) is 0.639. The third-order valence-corrected chi connectivity index (χ3v) is 6.33. The summed E-state index contributed by atoms with van der Waals surface area (Å²) in [5.74, 6) is 0. The second-order valence-corrected chi connectivity index (χ2v) is 8.20. The van der Waals surface area contributed by atoms with E-state index in [4.69, 9.17) is 9.57 Å². The van der Waals surface area contributed by atoms with Crippen molar-refractivity contribution in [2.75, 3.05) is 33.9 Å². The van der Waals surface area contributed by atoms with E-state index in [2.05, 4.69) is 4.72 Å². The fourth-order valence-corrected chi connectivity index (χ4v) is 4.76. The van der Waals surface area contributed by atoms with E-state index >= 15 is 0 Å². The molecule has 2 unspecified atom stereocenters.